The SMILES string of the molecule is CCOc1ccccc1[B]Cc1ccccc1. The molecule has 2 rings (SSSR count). The van der Waals surface area contributed by atoms with Crippen molar-refractivity contribution in [1.82, 2.24) is 0 Å². The van der Waals surface area contributed by atoms with Gasteiger partial charge >= 0.3 is 0 Å². The van der Waals surface area contributed by atoms with Gasteiger partial charge in [-0.15, -0.1) is 0 Å². The molecule has 0 fully saturated rings. The van der Waals surface area contributed by atoms with Gasteiger partial charge in [0.05, 0.1) is 6.61 Å². The molecule has 0 aliphatic rings. The normalized spacial score (nSPS) is 9.94. The number of hydrogen-bond donors (Lipinski definition) is 0. The van der Waals surface area contributed by atoms with E-state index in [9.17, 15) is 0 Å². The van der Waals surface area contributed by atoms with Crippen molar-refractivity contribution < 1.29 is 4.74 Å². The van der Waals surface area contributed by atoms with Crippen molar-refractivity contribution in [2.75, 3.05) is 6.61 Å². The Kier molecular flexibility index (Phi) is 4.26. The molecule has 1 nitrogen and oxygen atoms in total. The predicted molar refractivity (Wildman–Crippen MR) is 73.1 cm³/mol. The lowest BCUT2D eigenvalue weighted by Crippen LogP contribution is -2.19. The highest BCUT2D eigenvalue weighted by molar-refractivity contribution is 6.54. The molecule has 0 saturated carbocycles. The Morgan fingerprint density at radius 1 is 0.941 bits per heavy atom. The van der Waals surface area contributed by atoms with Crippen molar-refractivity contribution in [2.24, 2.45) is 0 Å². The molecule has 0 unspecified atom stereocenters. The molecule has 0 aliphatic heterocycles. The van der Waals surface area contributed by atoms with Gasteiger partial charge in [-0.1, -0.05) is 54.1 Å². The molecule has 0 heterocycles. The third-order valence-corrected chi connectivity index (χ3v) is 2.62. The molecule has 2 aromatic rings. The minimum absolute atomic E-state index is 0.705. The van der Waals surface area contributed by atoms with E-state index in [-0.39, 0.29) is 0 Å². The first kappa shape index (κ1) is 11.8. The van der Waals surface area contributed by atoms with E-state index in [0.717, 1.165) is 12.1 Å². The number of para-hydroxylation sites is 1. The molecule has 0 atom stereocenters. The van der Waals surface area contributed by atoms with Crippen molar-refractivity contribution in [3.8, 4) is 5.75 Å². The second-order valence-corrected chi connectivity index (χ2v) is 3.86. The molecule has 2 aromatic carbocycles. The van der Waals surface area contributed by atoms with Crippen molar-refractivity contribution in [1.29, 1.82) is 0 Å². The van der Waals surface area contributed by atoms with E-state index in [1.54, 1.807) is 0 Å². The van der Waals surface area contributed by atoms with E-state index < -0.39 is 0 Å². The molecule has 85 valence electrons. The Morgan fingerprint density at radius 2 is 1.65 bits per heavy atom. The van der Waals surface area contributed by atoms with Gasteiger partial charge in [0.1, 0.15) is 5.75 Å². The molecule has 0 bridgehead atoms. The van der Waals surface area contributed by atoms with Crippen LogP contribution in [-0.4, -0.2) is 13.9 Å². The Balaban J connectivity index is 2.03. The largest absolute Gasteiger partial charge is 0.494 e. The predicted octanol–water partition coefficient (Wildman–Crippen LogP) is 2.62. The van der Waals surface area contributed by atoms with Crippen molar-refractivity contribution in [3.63, 3.8) is 0 Å². The lowest BCUT2D eigenvalue weighted by atomic mass is 9.65. The van der Waals surface area contributed by atoms with Crippen LogP contribution < -0.4 is 10.2 Å². The van der Waals surface area contributed by atoms with Crippen molar-refractivity contribution in [2.45, 2.75) is 13.2 Å². The monoisotopic (exact) mass is 223 g/mol. The third kappa shape index (κ3) is 3.38. The molecule has 1 radical (unpaired) electrons. The van der Waals surface area contributed by atoms with Crippen LogP contribution >= 0.6 is 0 Å². The smallest absolute Gasteiger partial charge is 0.161 e. The Hall–Kier alpha value is -1.70. The minimum Gasteiger partial charge on any atom is -0.494 e. The van der Waals surface area contributed by atoms with E-state index in [1.165, 1.54) is 11.0 Å². The van der Waals surface area contributed by atoms with Crippen LogP contribution in [0.1, 0.15) is 12.5 Å². The highest BCUT2D eigenvalue weighted by Gasteiger charge is 2.03. The van der Waals surface area contributed by atoms with Crippen LogP contribution in [0.5, 0.6) is 5.75 Å². The topological polar surface area (TPSA) is 9.23 Å². The zero-order valence-electron chi connectivity index (χ0n) is 10.1. The molecule has 0 aliphatic carbocycles. The highest BCUT2D eigenvalue weighted by atomic mass is 16.5. The maximum absolute atomic E-state index is 5.59. The first-order chi connectivity index (χ1) is 8.40. The van der Waals surface area contributed by atoms with Crippen LogP contribution in [0, 0.1) is 0 Å². The molecule has 0 aromatic heterocycles. The Bertz CT molecular complexity index is 453. The van der Waals surface area contributed by atoms with Crippen LogP contribution in [0.3, 0.4) is 0 Å². The van der Waals surface area contributed by atoms with Gasteiger partial charge in [0.15, 0.2) is 7.28 Å². The maximum Gasteiger partial charge on any atom is 0.161 e. The lowest BCUT2D eigenvalue weighted by Gasteiger charge is -2.09. The summed E-state index contributed by atoms with van der Waals surface area (Å²) in [6, 6.07) is 18.6. The van der Waals surface area contributed by atoms with Crippen LogP contribution in [-0.2, 0) is 6.32 Å². The van der Waals surface area contributed by atoms with Crippen LogP contribution in [0.15, 0.2) is 54.6 Å². The first-order valence-corrected chi connectivity index (χ1v) is 5.99. The Labute approximate surface area is 104 Å². The van der Waals surface area contributed by atoms with Gasteiger partial charge in [0.25, 0.3) is 0 Å². The summed E-state index contributed by atoms with van der Waals surface area (Å²) in [4.78, 5) is 0. The summed E-state index contributed by atoms with van der Waals surface area (Å²) in [7, 11) is 2.21. The van der Waals surface area contributed by atoms with E-state index >= 15 is 0 Å². The summed E-state index contributed by atoms with van der Waals surface area (Å²) in [6.07, 6.45) is 0.935. The van der Waals surface area contributed by atoms with Gasteiger partial charge in [0, 0.05) is 0 Å². The minimum atomic E-state index is 0.705. The van der Waals surface area contributed by atoms with Gasteiger partial charge in [-0.25, -0.2) is 0 Å². The van der Waals surface area contributed by atoms with E-state index in [4.69, 9.17) is 4.74 Å². The summed E-state index contributed by atoms with van der Waals surface area (Å²) in [5.74, 6) is 0.964. The molecule has 0 spiro atoms. The second kappa shape index (κ2) is 6.14. The number of benzene rings is 2. The van der Waals surface area contributed by atoms with Crippen molar-refractivity contribution >= 4 is 12.7 Å². The summed E-state index contributed by atoms with van der Waals surface area (Å²) in [5, 5.41) is 0. The first-order valence-electron chi connectivity index (χ1n) is 5.99. The molecular weight excluding hydrogens is 207 g/mol. The Morgan fingerprint density at radius 3 is 2.41 bits per heavy atom. The van der Waals surface area contributed by atoms with Gasteiger partial charge in [0.2, 0.25) is 0 Å². The summed E-state index contributed by atoms with van der Waals surface area (Å²) >= 11 is 0. The van der Waals surface area contributed by atoms with Gasteiger partial charge < -0.3 is 4.74 Å². The second-order valence-electron chi connectivity index (χ2n) is 3.86. The number of hydrogen-bond acceptors (Lipinski definition) is 1. The number of rotatable bonds is 5. The summed E-state index contributed by atoms with van der Waals surface area (Å²) < 4.78 is 5.59. The lowest BCUT2D eigenvalue weighted by molar-refractivity contribution is 0.343. The average molecular weight is 223 g/mol. The van der Waals surface area contributed by atoms with Crippen molar-refractivity contribution in [3.05, 3.63) is 60.2 Å². The third-order valence-electron chi connectivity index (χ3n) is 2.62. The van der Waals surface area contributed by atoms with Crippen LogP contribution in [0.2, 0.25) is 0 Å². The maximum atomic E-state index is 5.59. The zero-order valence-corrected chi connectivity index (χ0v) is 10.1. The van der Waals surface area contributed by atoms with Gasteiger partial charge in [-0.3, -0.25) is 0 Å². The fourth-order valence-corrected chi connectivity index (χ4v) is 1.78. The standard InChI is InChI=1S/C15H16BO/c1-2-17-15-11-7-6-10-14(15)16-12-13-8-4-3-5-9-13/h3-11H,2,12H2,1H3. The van der Waals surface area contributed by atoms with Crippen LogP contribution in [0.4, 0.5) is 0 Å². The molecule has 2 heteroatoms. The van der Waals surface area contributed by atoms with Crippen LogP contribution in [0.25, 0.3) is 0 Å². The van der Waals surface area contributed by atoms with Gasteiger partial charge in [-0.2, -0.15) is 0 Å². The highest BCUT2D eigenvalue weighted by Crippen LogP contribution is 2.07. The average Bonchev–Trinajstić information content (AvgIpc) is 2.39. The number of ether oxygens (including phenoxy) is 1. The van der Waals surface area contributed by atoms with E-state index in [0.29, 0.717) is 6.61 Å². The molecular formula is C15H16BO. The zero-order chi connectivity index (χ0) is 11.9. The van der Waals surface area contributed by atoms with E-state index in [1.807, 2.05) is 31.2 Å². The fraction of sp³-hybridized carbons (Fsp3) is 0.200. The summed E-state index contributed by atoms with van der Waals surface area (Å²) in [5.41, 5.74) is 2.48. The van der Waals surface area contributed by atoms with E-state index in [2.05, 4.69) is 37.6 Å². The fourth-order valence-electron chi connectivity index (χ4n) is 1.78. The quantitative estimate of drug-likeness (QED) is 0.708. The molecule has 0 saturated heterocycles. The van der Waals surface area contributed by atoms with Gasteiger partial charge in [-0.05, 0) is 24.8 Å². The molecule has 17 heavy (non-hydrogen) atoms. The molecule has 0 amide bonds. The summed E-state index contributed by atoms with van der Waals surface area (Å²) in [6.45, 7) is 2.71. The molecule has 0 N–H and O–H groups in total.